The average molecular weight is 273 g/mol. The van der Waals surface area contributed by atoms with Gasteiger partial charge in [0.25, 0.3) is 5.91 Å². The van der Waals surface area contributed by atoms with Crippen LogP contribution in [0.2, 0.25) is 0 Å². The third kappa shape index (κ3) is 1.94. The number of carbonyl (C=O) groups excluding carboxylic acids is 1. The molecule has 3 heterocycles. The zero-order valence-corrected chi connectivity index (χ0v) is 12.1. The third-order valence-electron chi connectivity index (χ3n) is 4.18. The summed E-state index contributed by atoms with van der Waals surface area (Å²) in [6.45, 7) is 4.87. The molecule has 0 aliphatic carbocycles. The fraction of sp³-hybridized carbons (Fsp3) is 0.467. The molecule has 1 aliphatic heterocycles. The molecule has 1 aliphatic rings. The van der Waals surface area contributed by atoms with E-state index in [1.54, 1.807) is 12.3 Å². The zero-order chi connectivity index (χ0) is 14.3. The van der Waals surface area contributed by atoms with Crippen molar-refractivity contribution in [1.82, 2.24) is 14.7 Å². The molecule has 1 saturated heterocycles. The van der Waals surface area contributed by atoms with Gasteiger partial charge < -0.3 is 9.32 Å². The van der Waals surface area contributed by atoms with E-state index in [0.717, 1.165) is 30.8 Å². The number of rotatable bonds is 2. The second-order valence-electron chi connectivity index (χ2n) is 5.38. The topological polar surface area (TPSA) is 51.3 Å². The van der Waals surface area contributed by atoms with Crippen LogP contribution in [-0.4, -0.2) is 27.1 Å². The quantitative estimate of drug-likeness (QED) is 0.845. The highest BCUT2D eigenvalue weighted by atomic mass is 16.3. The molecular formula is C15H19N3O2. The van der Waals surface area contributed by atoms with E-state index >= 15 is 0 Å². The minimum Gasteiger partial charge on any atom is -0.472 e. The molecular weight excluding hydrogens is 254 g/mol. The Morgan fingerprint density at radius 2 is 2.25 bits per heavy atom. The van der Waals surface area contributed by atoms with E-state index in [9.17, 15) is 4.79 Å². The van der Waals surface area contributed by atoms with Gasteiger partial charge in [-0.15, -0.1) is 0 Å². The minimum absolute atomic E-state index is 0.0453. The van der Waals surface area contributed by atoms with Crippen LogP contribution in [0.25, 0.3) is 0 Å². The number of carbonyl (C=O) groups is 1. The second-order valence-corrected chi connectivity index (χ2v) is 5.38. The van der Waals surface area contributed by atoms with E-state index in [-0.39, 0.29) is 11.9 Å². The number of hydrogen-bond donors (Lipinski definition) is 0. The first-order valence-electron chi connectivity index (χ1n) is 6.93. The Hall–Kier alpha value is -2.04. The first-order valence-corrected chi connectivity index (χ1v) is 6.93. The lowest BCUT2D eigenvalue weighted by atomic mass is 10.0. The van der Waals surface area contributed by atoms with Gasteiger partial charge in [-0.3, -0.25) is 9.48 Å². The summed E-state index contributed by atoms with van der Waals surface area (Å²) in [7, 11) is 1.95. The van der Waals surface area contributed by atoms with Crippen LogP contribution < -0.4 is 0 Å². The van der Waals surface area contributed by atoms with Gasteiger partial charge in [0, 0.05) is 24.8 Å². The third-order valence-corrected chi connectivity index (χ3v) is 4.18. The average Bonchev–Trinajstić information content (AvgIpc) is 3.12. The van der Waals surface area contributed by atoms with Crippen molar-refractivity contribution in [3.63, 3.8) is 0 Å². The number of likely N-dealkylation sites (tertiary alicyclic amines) is 1. The van der Waals surface area contributed by atoms with Gasteiger partial charge in [-0.2, -0.15) is 5.10 Å². The van der Waals surface area contributed by atoms with Gasteiger partial charge in [-0.25, -0.2) is 0 Å². The van der Waals surface area contributed by atoms with Crippen molar-refractivity contribution in [3.8, 4) is 0 Å². The molecule has 1 fully saturated rings. The fourth-order valence-corrected chi connectivity index (χ4v) is 3.13. The number of aromatic nitrogens is 2. The number of aryl methyl sites for hydroxylation is 2. The second kappa shape index (κ2) is 4.81. The molecule has 2 aromatic rings. The molecule has 0 saturated carbocycles. The zero-order valence-electron chi connectivity index (χ0n) is 12.1. The summed E-state index contributed by atoms with van der Waals surface area (Å²) in [5.74, 6) is 0.0453. The highest BCUT2D eigenvalue weighted by Gasteiger charge is 2.34. The van der Waals surface area contributed by atoms with Gasteiger partial charge in [0.15, 0.2) is 0 Å². The highest BCUT2D eigenvalue weighted by Crippen LogP contribution is 2.36. The number of nitrogens with zero attached hydrogens (tertiary/aromatic N) is 3. The molecule has 1 unspecified atom stereocenters. The largest absolute Gasteiger partial charge is 0.472 e. The van der Waals surface area contributed by atoms with E-state index in [0.29, 0.717) is 5.56 Å². The van der Waals surface area contributed by atoms with Crippen molar-refractivity contribution in [2.75, 3.05) is 6.54 Å². The molecule has 20 heavy (non-hydrogen) atoms. The maximum absolute atomic E-state index is 12.6. The molecule has 0 aromatic carbocycles. The van der Waals surface area contributed by atoms with E-state index in [2.05, 4.69) is 12.0 Å². The van der Waals surface area contributed by atoms with Gasteiger partial charge in [0.2, 0.25) is 0 Å². The van der Waals surface area contributed by atoms with Gasteiger partial charge in [0.1, 0.15) is 6.26 Å². The van der Waals surface area contributed by atoms with Crippen molar-refractivity contribution < 1.29 is 9.21 Å². The molecule has 106 valence electrons. The first kappa shape index (κ1) is 13.0. The van der Waals surface area contributed by atoms with E-state index < -0.39 is 0 Å². The molecule has 5 heteroatoms. The molecule has 3 rings (SSSR count). The Kier molecular flexibility index (Phi) is 3.12. The summed E-state index contributed by atoms with van der Waals surface area (Å²) >= 11 is 0. The van der Waals surface area contributed by atoms with Crippen LogP contribution in [0.15, 0.2) is 23.0 Å². The molecule has 1 amide bonds. The maximum atomic E-state index is 12.6. The van der Waals surface area contributed by atoms with E-state index in [1.807, 2.05) is 23.6 Å². The predicted molar refractivity (Wildman–Crippen MR) is 74.4 cm³/mol. The van der Waals surface area contributed by atoms with Crippen LogP contribution in [0.3, 0.4) is 0 Å². The lowest BCUT2D eigenvalue weighted by Crippen LogP contribution is -2.30. The maximum Gasteiger partial charge on any atom is 0.257 e. The standard InChI is InChI=1S/C15H19N3O2/c1-10-14(11(2)17(3)16-10)13-5-4-7-18(13)15(19)12-6-8-20-9-12/h6,8-9,13H,4-5,7H2,1-3H3. The normalized spacial score (nSPS) is 18.8. The van der Waals surface area contributed by atoms with Crippen molar-refractivity contribution >= 4 is 5.91 Å². The van der Waals surface area contributed by atoms with Crippen LogP contribution in [0.4, 0.5) is 0 Å². The van der Waals surface area contributed by atoms with Crippen molar-refractivity contribution in [1.29, 1.82) is 0 Å². The minimum atomic E-state index is 0.0453. The summed E-state index contributed by atoms with van der Waals surface area (Å²) in [5, 5.41) is 4.47. The van der Waals surface area contributed by atoms with Crippen molar-refractivity contribution in [3.05, 3.63) is 41.1 Å². The van der Waals surface area contributed by atoms with Crippen LogP contribution in [0.1, 0.15) is 46.2 Å². The Bertz CT molecular complexity index is 628. The molecule has 0 bridgehead atoms. The number of amides is 1. The Balaban J connectivity index is 1.95. The Morgan fingerprint density at radius 3 is 2.85 bits per heavy atom. The molecule has 0 N–H and O–H groups in total. The first-order chi connectivity index (χ1) is 9.59. The fourth-order valence-electron chi connectivity index (χ4n) is 3.13. The van der Waals surface area contributed by atoms with Gasteiger partial charge in [0.05, 0.1) is 23.6 Å². The smallest absolute Gasteiger partial charge is 0.257 e. The lowest BCUT2D eigenvalue weighted by molar-refractivity contribution is 0.0734. The summed E-state index contributed by atoms with van der Waals surface area (Å²) in [4.78, 5) is 14.5. The summed E-state index contributed by atoms with van der Waals surface area (Å²) in [6, 6.07) is 1.85. The monoisotopic (exact) mass is 273 g/mol. The summed E-state index contributed by atoms with van der Waals surface area (Å²) in [5.41, 5.74) is 3.97. The van der Waals surface area contributed by atoms with E-state index in [1.165, 1.54) is 11.8 Å². The Labute approximate surface area is 118 Å². The molecule has 0 radical (unpaired) electrons. The van der Waals surface area contributed by atoms with Crippen LogP contribution in [0, 0.1) is 13.8 Å². The molecule has 0 spiro atoms. The van der Waals surface area contributed by atoms with Gasteiger partial charge in [-0.1, -0.05) is 0 Å². The predicted octanol–water partition coefficient (Wildman–Crippen LogP) is 2.61. The van der Waals surface area contributed by atoms with Crippen LogP contribution in [0.5, 0.6) is 0 Å². The number of hydrogen-bond acceptors (Lipinski definition) is 3. The Morgan fingerprint density at radius 1 is 1.45 bits per heavy atom. The summed E-state index contributed by atoms with van der Waals surface area (Å²) < 4.78 is 6.92. The van der Waals surface area contributed by atoms with Crippen molar-refractivity contribution in [2.45, 2.75) is 32.7 Å². The van der Waals surface area contributed by atoms with Gasteiger partial charge in [-0.05, 0) is 32.8 Å². The molecule has 5 nitrogen and oxygen atoms in total. The van der Waals surface area contributed by atoms with Gasteiger partial charge >= 0.3 is 0 Å². The van der Waals surface area contributed by atoms with E-state index in [4.69, 9.17) is 4.42 Å². The molecule has 1 atom stereocenters. The lowest BCUT2D eigenvalue weighted by Gasteiger charge is -2.25. The number of furan rings is 1. The van der Waals surface area contributed by atoms with Crippen LogP contribution in [-0.2, 0) is 7.05 Å². The summed E-state index contributed by atoms with van der Waals surface area (Å²) in [6.07, 6.45) is 5.08. The highest BCUT2D eigenvalue weighted by molar-refractivity contribution is 5.94. The van der Waals surface area contributed by atoms with Crippen LogP contribution >= 0.6 is 0 Å². The SMILES string of the molecule is Cc1nn(C)c(C)c1C1CCCN1C(=O)c1ccoc1. The van der Waals surface area contributed by atoms with Crippen molar-refractivity contribution in [2.24, 2.45) is 7.05 Å². The molecule has 2 aromatic heterocycles.